The smallest absolute Gasteiger partial charge is 0.119 e. The van der Waals surface area contributed by atoms with Crippen molar-refractivity contribution in [1.82, 2.24) is 0 Å². The Balaban J connectivity index is 2.59. The number of phenols is 1. The molecule has 120 valence electrons. The molecule has 0 bridgehead atoms. The molecule has 1 heteroatoms. The van der Waals surface area contributed by atoms with Crippen LogP contribution >= 0.6 is 0 Å². The fourth-order valence-electron chi connectivity index (χ4n) is 3.09. The molecular weight excluding hydrogens is 256 g/mol. The maximum Gasteiger partial charge on any atom is 0.119 e. The first kappa shape index (κ1) is 18.1. The van der Waals surface area contributed by atoms with E-state index in [1.807, 2.05) is 12.1 Å². The van der Waals surface area contributed by atoms with Crippen LogP contribution in [0.4, 0.5) is 0 Å². The molecule has 0 aliphatic carbocycles. The lowest BCUT2D eigenvalue weighted by Crippen LogP contribution is -2.01. The number of phenolic OH excluding ortho intramolecular Hbond substituents is 1. The first-order valence-corrected chi connectivity index (χ1v) is 9.01. The highest BCUT2D eigenvalue weighted by Crippen LogP contribution is 2.31. The van der Waals surface area contributed by atoms with Crippen LogP contribution in [-0.2, 0) is 6.42 Å². The summed E-state index contributed by atoms with van der Waals surface area (Å²) in [5.74, 6) is 1.07. The highest BCUT2D eigenvalue weighted by Gasteiger charge is 2.13. The van der Waals surface area contributed by atoms with Crippen LogP contribution in [0.2, 0.25) is 0 Å². The quantitative estimate of drug-likeness (QED) is 0.456. The Kier molecular flexibility index (Phi) is 9.21. The van der Waals surface area contributed by atoms with E-state index in [4.69, 9.17) is 0 Å². The summed E-state index contributed by atoms with van der Waals surface area (Å²) in [4.78, 5) is 0. The van der Waals surface area contributed by atoms with Gasteiger partial charge in [0.15, 0.2) is 0 Å². The summed E-state index contributed by atoms with van der Waals surface area (Å²) < 4.78 is 0. The molecule has 0 spiro atoms. The molecule has 1 N–H and O–H groups in total. The number of rotatable bonds is 11. The lowest BCUT2D eigenvalue weighted by Gasteiger charge is -2.17. The van der Waals surface area contributed by atoms with Crippen LogP contribution in [0, 0.1) is 0 Å². The van der Waals surface area contributed by atoms with E-state index in [9.17, 15) is 5.11 Å². The highest BCUT2D eigenvalue weighted by atomic mass is 16.3. The van der Waals surface area contributed by atoms with E-state index in [2.05, 4.69) is 26.8 Å². The third-order valence-corrected chi connectivity index (χ3v) is 4.49. The normalized spacial score (nSPS) is 12.5. The topological polar surface area (TPSA) is 20.2 Å². The van der Waals surface area contributed by atoms with Crippen molar-refractivity contribution in [2.45, 2.75) is 90.9 Å². The van der Waals surface area contributed by atoms with Crippen LogP contribution in [0.1, 0.15) is 95.6 Å². The van der Waals surface area contributed by atoms with Crippen molar-refractivity contribution in [1.29, 1.82) is 0 Å². The van der Waals surface area contributed by atoms with Gasteiger partial charge in [0.05, 0.1) is 0 Å². The lowest BCUT2D eigenvalue weighted by molar-refractivity contribution is 0.462. The molecule has 0 fully saturated rings. The first-order valence-electron chi connectivity index (χ1n) is 9.01. The van der Waals surface area contributed by atoms with Crippen LogP contribution in [-0.4, -0.2) is 5.11 Å². The van der Waals surface area contributed by atoms with Crippen LogP contribution < -0.4 is 0 Å². The fourth-order valence-corrected chi connectivity index (χ4v) is 3.09. The van der Waals surface area contributed by atoms with Crippen molar-refractivity contribution in [3.63, 3.8) is 0 Å². The van der Waals surface area contributed by atoms with Crippen LogP contribution in [0.3, 0.4) is 0 Å². The van der Waals surface area contributed by atoms with Gasteiger partial charge in [-0.2, -0.15) is 0 Å². The third kappa shape index (κ3) is 6.54. The van der Waals surface area contributed by atoms with Crippen molar-refractivity contribution in [2.24, 2.45) is 0 Å². The molecule has 21 heavy (non-hydrogen) atoms. The van der Waals surface area contributed by atoms with Gasteiger partial charge in [0.2, 0.25) is 0 Å². The van der Waals surface area contributed by atoms with Crippen molar-refractivity contribution in [2.75, 3.05) is 0 Å². The third-order valence-electron chi connectivity index (χ3n) is 4.49. The van der Waals surface area contributed by atoms with Gasteiger partial charge in [-0.15, -0.1) is 0 Å². The van der Waals surface area contributed by atoms with Crippen molar-refractivity contribution < 1.29 is 5.11 Å². The fraction of sp³-hybridized carbons (Fsp3) is 0.700. The number of hydrogen-bond donors (Lipinski definition) is 1. The number of hydrogen-bond acceptors (Lipinski definition) is 1. The summed E-state index contributed by atoms with van der Waals surface area (Å²) in [6.07, 6.45) is 12.6. The van der Waals surface area contributed by atoms with Crippen molar-refractivity contribution in [3.8, 4) is 5.75 Å². The Morgan fingerprint density at radius 2 is 1.57 bits per heavy atom. The van der Waals surface area contributed by atoms with Crippen LogP contribution in [0.5, 0.6) is 5.75 Å². The van der Waals surface area contributed by atoms with E-state index >= 15 is 0 Å². The molecule has 0 heterocycles. The molecule has 0 radical (unpaired) electrons. The monoisotopic (exact) mass is 290 g/mol. The standard InChI is InChI=1S/C20H34O/c1-4-6-8-9-11-14-19-18(15-12-16-20(19)21)17(3)13-10-7-5-2/h12,15-17,21H,4-11,13-14H2,1-3H3. The molecule has 1 atom stereocenters. The van der Waals surface area contributed by atoms with Gasteiger partial charge in [0.1, 0.15) is 5.75 Å². The predicted octanol–water partition coefficient (Wildman–Crippen LogP) is 6.59. The second-order valence-corrected chi connectivity index (χ2v) is 6.41. The van der Waals surface area contributed by atoms with Gasteiger partial charge < -0.3 is 5.11 Å². The number of unbranched alkanes of at least 4 members (excludes halogenated alkanes) is 6. The number of aromatic hydroxyl groups is 1. The molecular formula is C20H34O. The van der Waals surface area contributed by atoms with Crippen LogP contribution in [0.25, 0.3) is 0 Å². The lowest BCUT2D eigenvalue weighted by atomic mass is 9.88. The van der Waals surface area contributed by atoms with E-state index < -0.39 is 0 Å². The summed E-state index contributed by atoms with van der Waals surface area (Å²) >= 11 is 0. The largest absolute Gasteiger partial charge is 0.508 e. The van der Waals surface area contributed by atoms with Gasteiger partial charge in [0, 0.05) is 0 Å². The average molecular weight is 290 g/mol. The molecule has 1 rings (SSSR count). The molecule has 1 aromatic rings. The zero-order valence-electron chi connectivity index (χ0n) is 14.3. The van der Waals surface area contributed by atoms with Gasteiger partial charge >= 0.3 is 0 Å². The summed E-state index contributed by atoms with van der Waals surface area (Å²) in [6.45, 7) is 6.81. The summed E-state index contributed by atoms with van der Waals surface area (Å²) in [5.41, 5.74) is 2.58. The maximum absolute atomic E-state index is 10.2. The van der Waals surface area contributed by atoms with E-state index in [1.165, 1.54) is 68.9 Å². The Bertz CT molecular complexity index is 383. The maximum atomic E-state index is 10.2. The molecule has 0 saturated carbocycles. The van der Waals surface area contributed by atoms with Gasteiger partial charge in [0.25, 0.3) is 0 Å². The Hall–Kier alpha value is -0.980. The van der Waals surface area contributed by atoms with E-state index in [-0.39, 0.29) is 0 Å². The summed E-state index contributed by atoms with van der Waals surface area (Å²) in [6, 6.07) is 6.07. The molecule has 0 saturated heterocycles. The molecule has 1 aromatic carbocycles. The first-order chi connectivity index (χ1) is 10.2. The van der Waals surface area contributed by atoms with Crippen molar-refractivity contribution in [3.05, 3.63) is 29.3 Å². The zero-order valence-corrected chi connectivity index (χ0v) is 14.3. The molecule has 0 aliphatic rings. The minimum absolute atomic E-state index is 0.505. The van der Waals surface area contributed by atoms with Crippen LogP contribution in [0.15, 0.2) is 18.2 Å². The van der Waals surface area contributed by atoms with Crippen molar-refractivity contribution >= 4 is 0 Å². The SMILES string of the molecule is CCCCCCCc1c(O)cccc1C(C)CCCCC. The molecule has 1 unspecified atom stereocenters. The minimum Gasteiger partial charge on any atom is -0.508 e. The second-order valence-electron chi connectivity index (χ2n) is 6.41. The minimum atomic E-state index is 0.505. The zero-order chi connectivity index (χ0) is 15.5. The average Bonchev–Trinajstić information content (AvgIpc) is 2.48. The highest BCUT2D eigenvalue weighted by molar-refractivity contribution is 5.41. The molecule has 0 aromatic heterocycles. The summed E-state index contributed by atoms with van der Waals surface area (Å²) in [5, 5.41) is 10.2. The second kappa shape index (κ2) is 10.7. The molecule has 0 amide bonds. The van der Waals surface area contributed by atoms with Gasteiger partial charge in [-0.25, -0.2) is 0 Å². The van der Waals surface area contributed by atoms with Gasteiger partial charge in [-0.05, 0) is 42.4 Å². The summed E-state index contributed by atoms with van der Waals surface area (Å²) in [7, 11) is 0. The Morgan fingerprint density at radius 3 is 2.29 bits per heavy atom. The predicted molar refractivity (Wildman–Crippen MR) is 93.1 cm³/mol. The number of benzene rings is 1. The molecule has 1 nitrogen and oxygen atoms in total. The van der Waals surface area contributed by atoms with E-state index in [0.29, 0.717) is 11.7 Å². The van der Waals surface area contributed by atoms with Gasteiger partial charge in [-0.3, -0.25) is 0 Å². The Labute approximate surface area is 131 Å². The van der Waals surface area contributed by atoms with E-state index in [1.54, 1.807) is 0 Å². The Morgan fingerprint density at radius 1 is 0.905 bits per heavy atom. The van der Waals surface area contributed by atoms with Gasteiger partial charge in [-0.1, -0.05) is 77.8 Å². The molecule has 0 aliphatic heterocycles. The van der Waals surface area contributed by atoms with E-state index in [0.717, 1.165) is 6.42 Å².